The van der Waals surface area contributed by atoms with Crippen LogP contribution in [0.1, 0.15) is 5.69 Å². The van der Waals surface area contributed by atoms with E-state index in [-0.39, 0.29) is 17.9 Å². The fourth-order valence-electron chi connectivity index (χ4n) is 1.69. The molecule has 2 rings (SSSR count). The Morgan fingerprint density at radius 1 is 1.50 bits per heavy atom. The Bertz CT molecular complexity index is 416. The Hall–Kier alpha value is -1.08. The maximum absolute atomic E-state index is 12.6. The number of halogens is 4. The molecule has 0 amide bonds. The molecule has 0 radical (unpaired) electrons. The molecule has 1 fully saturated rings. The van der Waals surface area contributed by atoms with Gasteiger partial charge in [-0.15, -0.1) is 11.6 Å². The average Bonchev–Trinajstić information content (AvgIpc) is 2.38. The summed E-state index contributed by atoms with van der Waals surface area (Å²) < 4.78 is 42.9. The van der Waals surface area contributed by atoms with Crippen molar-refractivity contribution >= 4 is 17.5 Å². The van der Waals surface area contributed by atoms with Crippen molar-refractivity contribution in [3.63, 3.8) is 0 Å². The summed E-state index contributed by atoms with van der Waals surface area (Å²) >= 11 is 5.76. The highest BCUT2D eigenvalue weighted by molar-refractivity contribution is 6.18. The first-order chi connectivity index (χ1) is 8.52. The summed E-state index contributed by atoms with van der Waals surface area (Å²) in [5.41, 5.74) is -0.952. The lowest BCUT2D eigenvalue weighted by Gasteiger charge is -2.34. The van der Waals surface area contributed by atoms with E-state index < -0.39 is 11.9 Å². The van der Waals surface area contributed by atoms with Gasteiger partial charge in [0, 0.05) is 18.6 Å². The van der Waals surface area contributed by atoms with Crippen molar-refractivity contribution in [3.05, 3.63) is 18.0 Å². The maximum Gasteiger partial charge on any atom is 0.433 e. The number of anilines is 1. The van der Waals surface area contributed by atoms with E-state index in [1.165, 1.54) is 0 Å². The molecule has 0 aliphatic carbocycles. The van der Waals surface area contributed by atoms with E-state index >= 15 is 0 Å². The Balaban J connectivity index is 2.27. The number of morpholine rings is 1. The second-order valence-corrected chi connectivity index (χ2v) is 4.12. The van der Waals surface area contributed by atoms with Gasteiger partial charge in [0.1, 0.15) is 5.69 Å². The number of alkyl halides is 4. The fraction of sp³-hybridized carbons (Fsp3) is 0.600. The number of rotatable bonds is 2. The fourth-order valence-corrected chi connectivity index (χ4v) is 1.95. The smallest absolute Gasteiger partial charge is 0.377 e. The van der Waals surface area contributed by atoms with Gasteiger partial charge in [-0.05, 0) is 6.07 Å². The molecule has 0 spiro atoms. The third-order valence-corrected chi connectivity index (χ3v) is 2.95. The minimum absolute atomic E-state index is 0.0405. The van der Waals surface area contributed by atoms with Crippen molar-refractivity contribution < 1.29 is 17.9 Å². The minimum Gasteiger partial charge on any atom is -0.377 e. The molecule has 1 aromatic rings. The standard InChI is InChI=1S/C10H11ClF3N3O/c11-5-7-6-18-4-3-17(7)9-15-2-1-8(16-9)10(12,13)14/h1-2,7H,3-6H2. The summed E-state index contributed by atoms with van der Waals surface area (Å²) in [6, 6.07) is 0.642. The molecule has 1 atom stereocenters. The van der Waals surface area contributed by atoms with Crippen LogP contribution in [-0.4, -0.2) is 41.6 Å². The van der Waals surface area contributed by atoms with Crippen LogP contribution in [0.15, 0.2) is 12.3 Å². The highest BCUT2D eigenvalue weighted by Crippen LogP contribution is 2.28. The monoisotopic (exact) mass is 281 g/mol. The number of nitrogens with zero attached hydrogens (tertiary/aromatic N) is 3. The van der Waals surface area contributed by atoms with E-state index in [0.717, 1.165) is 12.3 Å². The summed E-state index contributed by atoms with van der Waals surface area (Å²) in [6.45, 7) is 1.22. The molecule has 1 aliphatic heterocycles. The molecule has 4 nitrogen and oxygen atoms in total. The van der Waals surface area contributed by atoms with E-state index in [1.807, 2.05) is 0 Å². The van der Waals surface area contributed by atoms with Crippen molar-refractivity contribution in [2.24, 2.45) is 0 Å². The van der Waals surface area contributed by atoms with Crippen molar-refractivity contribution in [3.8, 4) is 0 Å². The first kappa shape index (κ1) is 13.4. The third kappa shape index (κ3) is 2.84. The Labute approximate surface area is 107 Å². The molecular weight excluding hydrogens is 271 g/mol. The summed E-state index contributed by atoms with van der Waals surface area (Å²) in [7, 11) is 0. The molecule has 2 heterocycles. The quantitative estimate of drug-likeness (QED) is 0.777. The van der Waals surface area contributed by atoms with Gasteiger partial charge in [-0.3, -0.25) is 0 Å². The molecule has 1 unspecified atom stereocenters. The zero-order valence-corrected chi connectivity index (χ0v) is 10.1. The van der Waals surface area contributed by atoms with Crippen LogP contribution in [-0.2, 0) is 10.9 Å². The van der Waals surface area contributed by atoms with Crippen LogP contribution >= 0.6 is 11.6 Å². The van der Waals surface area contributed by atoms with Crippen molar-refractivity contribution in [2.45, 2.75) is 12.2 Å². The van der Waals surface area contributed by atoms with Crippen LogP contribution in [0.25, 0.3) is 0 Å². The average molecular weight is 282 g/mol. The molecule has 18 heavy (non-hydrogen) atoms. The van der Waals surface area contributed by atoms with E-state index in [1.54, 1.807) is 4.90 Å². The maximum atomic E-state index is 12.6. The molecule has 1 aliphatic rings. The Morgan fingerprint density at radius 3 is 2.94 bits per heavy atom. The van der Waals surface area contributed by atoms with Crippen LogP contribution in [0.2, 0.25) is 0 Å². The Morgan fingerprint density at radius 2 is 2.28 bits per heavy atom. The molecule has 0 bridgehead atoms. The number of ether oxygens (including phenoxy) is 1. The number of hydrogen-bond donors (Lipinski definition) is 0. The molecule has 0 saturated carbocycles. The zero-order chi connectivity index (χ0) is 13.2. The minimum atomic E-state index is -4.47. The van der Waals surface area contributed by atoms with Gasteiger partial charge in [-0.2, -0.15) is 13.2 Å². The van der Waals surface area contributed by atoms with Gasteiger partial charge in [-0.1, -0.05) is 0 Å². The van der Waals surface area contributed by atoms with Crippen LogP contribution in [0.5, 0.6) is 0 Å². The molecule has 1 aromatic heterocycles. The van der Waals surface area contributed by atoms with E-state index in [0.29, 0.717) is 19.8 Å². The molecule has 0 aromatic carbocycles. The first-order valence-corrected chi connectivity index (χ1v) is 5.86. The summed E-state index contributed by atoms with van der Waals surface area (Å²) in [5, 5.41) is 0. The number of aromatic nitrogens is 2. The lowest BCUT2D eigenvalue weighted by atomic mass is 10.2. The van der Waals surface area contributed by atoms with E-state index in [2.05, 4.69) is 9.97 Å². The van der Waals surface area contributed by atoms with Gasteiger partial charge in [0.2, 0.25) is 5.95 Å². The van der Waals surface area contributed by atoms with Crippen molar-refractivity contribution in [1.82, 2.24) is 9.97 Å². The van der Waals surface area contributed by atoms with Crippen LogP contribution in [0.3, 0.4) is 0 Å². The predicted molar refractivity (Wildman–Crippen MR) is 59.7 cm³/mol. The van der Waals surface area contributed by atoms with E-state index in [4.69, 9.17) is 16.3 Å². The van der Waals surface area contributed by atoms with Crippen molar-refractivity contribution in [1.29, 1.82) is 0 Å². The van der Waals surface area contributed by atoms with Gasteiger partial charge < -0.3 is 9.64 Å². The highest BCUT2D eigenvalue weighted by atomic mass is 35.5. The SMILES string of the molecule is FC(F)(F)c1ccnc(N2CCOCC2CCl)n1. The van der Waals surface area contributed by atoms with Gasteiger partial charge >= 0.3 is 6.18 Å². The normalized spacial score (nSPS) is 21.1. The second-order valence-electron chi connectivity index (χ2n) is 3.82. The van der Waals surface area contributed by atoms with Gasteiger partial charge in [0.05, 0.1) is 19.3 Å². The highest BCUT2D eigenvalue weighted by Gasteiger charge is 2.34. The van der Waals surface area contributed by atoms with Crippen molar-refractivity contribution in [2.75, 3.05) is 30.5 Å². The van der Waals surface area contributed by atoms with Crippen LogP contribution in [0, 0.1) is 0 Å². The molecule has 100 valence electrons. The first-order valence-electron chi connectivity index (χ1n) is 5.33. The number of hydrogen-bond acceptors (Lipinski definition) is 4. The van der Waals surface area contributed by atoms with Crippen LogP contribution < -0.4 is 4.90 Å². The van der Waals surface area contributed by atoms with Crippen LogP contribution in [0.4, 0.5) is 19.1 Å². The molecular formula is C10H11ClF3N3O. The van der Waals surface area contributed by atoms with Gasteiger partial charge in [-0.25, -0.2) is 9.97 Å². The zero-order valence-electron chi connectivity index (χ0n) is 9.32. The summed E-state index contributed by atoms with van der Waals surface area (Å²) in [5.74, 6) is 0.290. The summed E-state index contributed by atoms with van der Waals surface area (Å²) in [4.78, 5) is 9.06. The summed E-state index contributed by atoms with van der Waals surface area (Å²) in [6.07, 6.45) is -3.37. The third-order valence-electron chi connectivity index (χ3n) is 2.60. The predicted octanol–water partition coefficient (Wildman–Crippen LogP) is 1.94. The Kier molecular flexibility index (Phi) is 3.91. The largest absolute Gasteiger partial charge is 0.433 e. The molecule has 8 heteroatoms. The van der Waals surface area contributed by atoms with Gasteiger partial charge in [0.15, 0.2) is 0 Å². The topological polar surface area (TPSA) is 38.2 Å². The van der Waals surface area contributed by atoms with E-state index in [9.17, 15) is 13.2 Å². The molecule has 0 N–H and O–H groups in total. The van der Waals surface area contributed by atoms with Gasteiger partial charge in [0.25, 0.3) is 0 Å². The second kappa shape index (κ2) is 5.27. The lowest BCUT2D eigenvalue weighted by Crippen LogP contribution is -2.47. The molecule has 1 saturated heterocycles. The lowest BCUT2D eigenvalue weighted by molar-refractivity contribution is -0.141.